The third-order valence-corrected chi connectivity index (χ3v) is 3.35. The molecular formula is C11H16N4O2S. The van der Waals surface area contributed by atoms with Gasteiger partial charge in [0.2, 0.25) is 0 Å². The number of hydrogen-bond acceptors (Lipinski definition) is 3. The number of imidazole rings is 1. The maximum absolute atomic E-state index is 12.2. The summed E-state index contributed by atoms with van der Waals surface area (Å²) in [6, 6.07) is 0. The molecule has 0 amide bonds. The van der Waals surface area contributed by atoms with Crippen LogP contribution in [0.3, 0.4) is 0 Å². The molecule has 0 spiro atoms. The van der Waals surface area contributed by atoms with E-state index in [1.54, 1.807) is 9.13 Å². The van der Waals surface area contributed by atoms with Crippen LogP contribution in [0.4, 0.5) is 0 Å². The molecule has 98 valence electrons. The second kappa shape index (κ2) is 4.56. The monoisotopic (exact) mass is 268 g/mol. The normalized spacial score (nSPS) is 11.3. The number of aromatic nitrogens is 4. The first kappa shape index (κ1) is 12.8. The fraction of sp³-hybridized carbons (Fsp3) is 0.545. The Kier molecular flexibility index (Phi) is 3.25. The molecule has 7 heteroatoms. The summed E-state index contributed by atoms with van der Waals surface area (Å²) in [7, 11) is 1.49. The highest BCUT2D eigenvalue weighted by atomic mass is 32.1. The molecule has 0 aliphatic rings. The molecule has 0 radical (unpaired) electrons. The molecule has 0 aromatic carbocycles. The van der Waals surface area contributed by atoms with Crippen molar-refractivity contribution in [3.8, 4) is 0 Å². The fourth-order valence-corrected chi connectivity index (χ4v) is 2.44. The number of nitrogens with zero attached hydrogens (tertiary/aromatic N) is 3. The summed E-state index contributed by atoms with van der Waals surface area (Å²) in [6.07, 6.45) is 0.811. The highest BCUT2D eigenvalue weighted by molar-refractivity contribution is 7.71. The molecule has 0 saturated heterocycles. The Balaban J connectivity index is 3.07. The van der Waals surface area contributed by atoms with Crippen molar-refractivity contribution in [3.63, 3.8) is 0 Å². The topological polar surface area (TPSA) is 64.7 Å². The Hall–Kier alpha value is -1.63. The Morgan fingerprint density at radius 1 is 1.22 bits per heavy atom. The lowest BCUT2D eigenvalue weighted by Gasteiger charge is -2.08. The van der Waals surface area contributed by atoms with E-state index in [1.807, 2.05) is 13.8 Å². The van der Waals surface area contributed by atoms with Gasteiger partial charge >= 0.3 is 5.69 Å². The molecule has 18 heavy (non-hydrogen) atoms. The van der Waals surface area contributed by atoms with Crippen LogP contribution < -0.4 is 11.2 Å². The maximum atomic E-state index is 12.2. The van der Waals surface area contributed by atoms with E-state index in [-0.39, 0.29) is 11.2 Å². The van der Waals surface area contributed by atoms with E-state index in [0.29, 0.717) is 29.0 Å². The van der Waals surface area contributed by atoms with Crippen molar-refractivity contribution in [3.05, 3.63) is 25.6 Å². The number of rotatable bonds is 3. The molecule has 0 atom stereocenters. The molecule has 0 aliphatic heterocycles. The second-order valence-electron chi connectivity index (χ2n) is 4.17. The lowest BCUT2D eigenvalue weighted by atomic mass is 10.4. The van der Waals surface area contributed by atoms with Crippen LogP contribution in [0.5, 0.6) is 0 Å². The first-order valence-corrected chi connectivity index (χ1v) is 6.36. The molecule has 0 saturated carbocycles. The van der Waals surface area contributed by atoms with E-state index in [1.165, 1.54) is 7.05 Å². The van der Waals surface area contributed by atoms with Crippen LogP contribution >= 0.6 is 12.2 Å². The van der Waals surface area contributed by atoms with Crippen LogP contribution in [0.2, 0.25) is 0 Å². The van der Waals surface area contributed by atoms with E-state index in [9.17, 15) is 9.59 Å². The van der Waals surface area contributed by atoms with Crippen LogP contribution in [0.1, 0.15) is 20.3 Å². The molecule has 2 aromatic heterocycles. The van der Waals surface area contributed by atoms with Crippen molar-refractivity contribution in [2.24, 2.45) is 7.05 Å². The van der Waals surface area contributed by atoms with Crippen LogP contribution in [0, 0.1) is 4.77 Å². The van der Waals surface area contributed by atoms with Gasteiger partial charge in [0.05, 0.1) is 0 Å². The molecule has 1 N–H and O–H groups in total. The van der Waals surface area contributed by atoms with Crippen LogP contribution in [0.15, 0.2) is 9.59 Å². The number of hydrogen-bond donors (Lipinski definition) is 1. The summed E-state index contributed by atoms with van der Waals surface area (Å²) in [5.41, 5.74) is 0.375. The smallest absolute Gasteiger partial charge is 0.316 e. The summed E-state index contributed by atoms with van der Waals surface area (Å²) in [6.45, 7) is 5.05. The summed E-state index contributed by atoms with van der Waals surface area (Å²) in [5, 5.41) is 0. The van der Waals surface area contributed by atoms with Gasteiger partial charge in [-0.25, -0.2) is 4.79 Å². The Bertz CT molecular complexity index is 762. The van der Waals surface area contributed by atoms with Crippen molar-refractivity contribution in [2.75, 3.05) is 0 Å². The van der Waals surface area contributed by atoms with Gasteiger partial charge < -0.3 is 9.55 Å². The van der Waals surface area contributed by atoms with Gasteiger partial charge in [-0.3, -0.25) is 13.9 Å². The van der Waals surface area contributed by atoms with Gasteiger partial charge in [-0.15, -0.1) is 0 Å². The zero-order valence-corrected chi connectivity index (χ0v) is 11.5. The standard InChI is InChI=1S/C11H16N4O2S/c1-4-6-15-8-7(9(16)13(3)11(15)17)14(5-2)10(18)12-8/h4-6H2,1-3H3,(H,12,18). The molecule has 0 unspecified atom stereocenters. The van der Waals surface area contributed by atoms with Gasteiger partial charge in [0.25, 0.3) is 5.56 Å². The zero-order chi connectivity index (χ0) is 13.4. The van der Waals surface area contributed by atoms with Gasteiger partial charge in [0.15, 0.2) is 10.3 Å². The van der Waals surface area contributed by atoms with E-state index in [0.717, 1.165) is 11.0 Å². The average Bonchev–Trinajstić information content (AvgIpc) is 2.68. The highest BCUT2D eigenvalue weighted by Crippen LogP contribution is 2.08. The third kappa shape index (κ3) is 1.66. The highest BCUT2D eigenvalue weighted by Gasteiger charge is 2.15. The number of fused-ring (bicyclic) bond motifs is 1. The predicted molar refractivity (Wildman–Crippen MR) is 72.6 cm³/mol. The molecule has 0 aliphatic carbocycles. The number of aryl methyl sites for hydroxylation is 2. The lowest BCUT2D eigenvalue weighted by Crippen LogP contribution is -2.38. The minimum absolute atomic E-state index is 0.309. The second-order valence-corrected chi connectivity index (χ2v) is 4.56. The quantitative estimate of drug-likeness (QED) is 0.844. The van der Waals surface area contributed by atoms with Crippen molar-refractivity contribution in [2.45, 2.75) is 33.4 Å². The van der Waals surface area contributed by atoms with Crippen LogP contribution in [0.25, 0.3) is 11.2 Å². The molecule has 0 fully saturated rings. The summed E-state index contributed by atoms with van der Waals surface area (Å²) < 4.78 is 4.89. The lowest BCUT2D eigenvalue weighted by molar-refractivity contribution is 0.609. The van der Waals surface area contributed by atoms with Crippen molar-refractivity contribution in [1.82, 2.24) is 18.7 Å². The van der Waals surface area contributed by atoms with Crippen LogP contribution in [-0.2, 0) is 20.1 Å². The van der Waals surface area contributed by atoms with Crippen molar-refractivity contribution in [1.29, 1.82) is 0 Å². The molecular weight excluding hydrogens is 252 g/mol. The third-order valence-electron chi connectivity index (χ3n) is 3.02. The Morgan fingerprint density at radius 2 is 1.89 bits per heavy atom. The van der Waals surface area contributed by atoms with Gasteiger partial charge in [-0.2, -0.15) is 0 Å². The maximum Gasteiger partial charge on any atom is 0.332 e. The van der Waals surface area contributed by atoms with Gasteiger partial charge in [-0.1, -0.05) is 6.92 Å². The Morgan fingerprint density at radius 3 is 2.44 bits per heavy atom. The van der Waals surface area contributed by atoms with Crippen LogP contribution in [-0.4, -0.2) is 18.7 Å². The first-order chi connectivity index (χ1) is 8.52. The SMILES string of the molecule is CCCn1c(=O)n(C)c(=O)c2c1[nH]c(=S)n2CC. The molecule has 2 heterocycles. The predicted octanol–water partition coefficient (Wildman–Crippen LogP) is 0.989. The summed E-state index contributed by atoms with van der Waals surface area (Å²) >= 11 is 5.19. The van der Waals surface area contributed by atoms with Gasteiger partial charge in [0.1, 0.15) is 5.65 Å². The molecule has 2 aromatic rings. The van der Waals surface area contributed by atoms with E-state index in [2.05, 4.69) is 4.98 Å². The average molecular weight is 268 g/mol. The van der Waals surface area contributed by atoms with Crippen molar-refractivity contribution >= 4 is 23.4 Å². The summed E-state index contributed by atoms with van der Waals surface area (Å²) in [4.78, 5) is 27.2. The number of nitrogens with one attached hydrogen (secondary N) is 1. The van der Waals surface area contributed by atoms with E-state index >= 15 is 0 Å². The Labute approximate surface area is 108 Å². The summed E-state index contributed by atoms with van der Waals surface area (Å²) in [5.74, 6) is 0. The van der Waals surface area contributed by atoms with E-state index in [4.69, 9.17) is 12.2 Å². The van der Waals surface area contributed by atoms with Gasteiger partial charge in [-0.05, 0) is 25.6 Å². The fourth-order valence-electron chi connectivity index (χ4n) is 2.12. The largest absolute Gasteiger partial charge is 0.332 e. The molecule has 0 bridgehead atoms. The zero-order valence-electron chi connectivity index (χ0n) is 10.7. The minimum Gasteiger partial charge on any atom is -0.316 e. The number of H-pyrrole nitrogens is 1. The number of aromatic amines is 1. The molecule has 6 nitrogen and oxygen atoms in total. The first-order valence-electron chi connectivity index (χ1n) is 5.95. The molecule has 2 rings (SSSR count). The minimum atomic E-state index is -0.311. The van der Waals surface area contributed by atoms with Crippen molar-refractivity contribution < 1.29 is 0 Å². The van der Waals surface area contributed by atoms with Gasteiger partial charge in [0, 0.05) is 20.1 Å². The van der Waals surface area contributed by atoms with E-state index < -0.39 is 0 Å².